The quantitative estimate of drug-likeness (QED) is 0.289. The molecule has 0 saturated carbocycles. The largest absolute Gasteiger partial charge is 0.497 e. The Bertz CT molecular complexity index is 1480. The van der Waals surface area contributed by atoms with Gasteiger partial charge in [-0.25, -0.2) is 17.8 Å². The molecule has 2 aromatic heterocycles. The highest BCUT2D eigenvalue weighted by atomic mass is 32.2. The fraction of sp³-hybridized carbons (Fsp3) is 0.346. The molecule has 0 radical (unpaired) electrons. The Morgan fingerprint density at radius 3 is 2.70 bits per heavy atom. The predicted octanol–water partition coefficient (Wildman–Crippen LogP) is 4.63. The fourth-order valence-electron chi connectivity index (χ4n) is 4.47. The predicted molar refractivity (Wildman–Crippen MR) is 139 cm³/mol. The topological polar surface area (TPSA) is 82.4 Å². The molecule has 0 aliphatic carbocycles. The number of methoxy groups -OCH3 is 2. The van der Waals surface area contributed by atoms with Crippen LogP contribution in [0.2, 0.25) is 0 Å². The van der Waals surface area contributed by atoms with Crippen LogP contribution in [0.15, 0.2) is 58.9 Å². The monoisotopic (exact) mass is 545 g/mol. The second-order valence-electron chi connectivity index (χ2n) is 8.77. The first kappa shape index (κ1) is 25.7. The van der Waals surface area contributed by atoms with Crippen LogP contribution in [0.5, 0.6) is 11.5 Å². The summed E-state index contributed by atoms with van der Waals surface area (Å²) in [5.74, 6) is 0.901. The highest BCUT2D eigenvalue weighted by Gasteiger charge is 2.29. The average molecular weight is 546 g/mol. The molecule has 11 heteroatoms. The van der Waals surface area contributed by atoms with E-state index >= 15 is 0 Å². The zero-order chi connectivity index (χ0) is 26.0. The molecule has 1 unspecified atom stereocenters. The lowest BCUT2D eigenvalue weighted by Gasteiger charge is -2.25. The van der Waals surface area contributed by atoms with Gasteiger partial charge in [0.15, 0.2) is 4.96 Å². The van der Waals surface area contributed by atoms with E-state index in [1.165, 1.54) is 39.9 Å². The van der Waals surface area contributed by atoms with Crippen molar-refractivity contribution < 1.29 is 27.0 Å². The third kappa shape index (κ3) is 5.35. The second kappa shape index (κ2) is 10.8. The standard InChI is InChI=1S/C26H28FN3O5S2/c1-33-20-7-10-25(34-2)23(14-20)24-16-30-19(17-36-26(30)28-24)11-12-29(15-21-4-3-13-35-21)37(31,32)22-8-5-18(27)6-9-22/h5-10,14,16-17,21H,3-4,11-13,15H2,1-2H3. The third-order valence-electron chi connectivity index (χ3n) is 6.47. The van der Waals surface area contributed by atoms with Gasteiger partial charge in [0, 0.05) is 49.0 Å². The van der Waals surface area contributed by atoms with Crippen molar-refractivity contribution in [3.05, 3.63) is 65.6 Å². The summed E-state index contributed by atoms with van der Waals surface area (Å²) in [5.41, 5.74) is 2.48. The third-order valence-corrected chi connectivity index (χ3v) is 9.23. The molecule has 0 amide bonds. The van der Waals surface area contributed by atoms with Gasteiger partial charge in [0.05, 0.1) is 30.9 Å². The number of imidazole rings is 1. The maximum absolute atomic E-state index is 13.5. The van der Waals surface area contributed by atoms with Crippen LogP contribution in [-0.4, -0.2) is 62.1 Å². The summed E-state index contributed by atoms with van der Waals surface area (Å²) in [6, 6.07) is 10.5. The molecule has 37 heavy (non-hydrogen) atoms. The Kier molecular flexibility index (Phi) is 7.47. The number of hydrogen-bond acceptors (Lipinski definition) is 7. The molecule has 1 saturated heterocycles. The molecule has 3 heterocycles. The minimum absolute atomic E-state index is 0.0670. The van der Waals surface area contributed by atoms with Gasteiger partial charge in [0.2, 0.25) is 10.0 Å². The van der Waals surface area contributed by atoms with Gasteiger partial charge in [0.1, 0.15) is 17.3 Å². The van der Waals surface area contributed by atoms with Crippen molar-refractivity contribution >= 4 is 26.3 Å². The minimum atomic E-state index is -3.83. The second-order valence-corrected chi connectivity index (χ2v) is 11.5. The molecule has 1 aliphatic heterocycles. The van der Waals surface area contributed by atoms with Crippen LogP contribution in [0.1, 0.15) is 18.5 Å². The van der Waals surface area contributed by atoms with Gasteiger partial charge in [-0.2, -0.15) is 4.31 Å². The summed E-state index contributed by atoms with van der Waals surface area (Å²) in [6.07, 6.45) is 3.96. The van der Waals surface area contributed by atoms with Gasteiger partial charge in [0.25, 0.3) is 0 Å². The number of aromatic nitrogens is 2. The molecule has 1 atom stereocenters. The maximum Gasteiger partial charge on any atom is 0.243 e. The molecule has 1 fully saturated rings. The average Bonchev–Trinajstić information content (AvgIpc) is 3.65. The van der Waals surface area contributed by atoms with Gasteiger partial charge >= 0.3 is 0 Å². The van der Waals surface area contributed by atoms with E-state index in [-0.39, 0.29) is 24.1 Å². The number of halogens is 1. The van der Waals surface area contributed by atoms with Crippen LogP contribution in [0.4, 0.5) is 4.39 Å². The first-order valence-electron chi connectivity index (χ1n) is 11.9. The van der Waals surface area contributed by atoms with Crippen LogP contribution >= 0.6 is 11.3 Å². The summed E-state index contributed by atoms with van der Waals surface area (Å²) in [6.45, 7) is 1.14. The summed E-state index contributed by atoms with van der Waals surface area (Å²) in [4.78, 5) is 5.62. The van der Waals surface area contributed by atoms with Crippen molar-refractivity contribution in [2.75, 3.05) is 33.9 Å². The Hall–Kier alpha value is -2.99. The maximum atomic E-state index is 13.5. The van der Waals surface area contributed by atoms with E-state index in [9.17, 15) is 12.8 Å². The normalized spacial score (nSPS) is 16.1. The van der Waals surface area contributed by atoms with Crippen molar-refractivity contribution in [1.29, 1.82) is 0 Å². The van der Waals surface area contributed by atoms with Crippen molar-refractivity contribution in [2.45, 2.75) is 30.3 Å². The molecule has 0 bridgehead atoms. The van der Waals surface area contributed by atoms with Crippen LogP contribution in [-0.2, 0) is 21.2 Å². The SMILES string of the molecule is COc1ccc(OC)c(-c2cn3c(CCN(CC4CCCO4)S(=O)(=O)c4ccc(F)cc4)csc3n2)c1. The molecule has 4 aromatic rings. The molecule has 196 valence electrons. The van der Waals surface area contributed by atoms with Crippen LogP contribution in [0, 0.1) is 5.82 Å². The Labute approximate surface area is 219 Å². The number of hydrogen-bond donors (Lipinski definition) is 0. The molecule has 8 nitrogen and oxygen atoms in total. The highest BCUT2D eigenvalue weighted by Crippen LogP contribution is 2.34. The van der Waals surface area contributed by atoms with Crippen molar-refractivity contribution in [3.63, 3.8) is 0 Å². The first-order chi connectivity index (χ1) is 17.9. The van der Waals surface area contributed by atoms with E-state index in [1.807, 2.05) is 34.2 Å². The number of thiazole rings is 1. The smallest absolute Gasteiger partial charge is 0.243 e. The fourth-order valence-corrected chi connectivity index (χ4v) is 6.85. The zero-order valence-corrected chi connectivity index (χ0v) is 22.2. The summed E-state index contributed by atoms with van der Waals surface area (Å²) >= 11 is 1.49. The zero-order valence-electron chi connectivity index (χ0n) is 20.6. The number of sulfonamides is 1. The van der Waals surface area contributed by atoms with Crippen molar-refractivity contribution in [3.8, 4) is 22.8 Å². The van der Waals surface area contributed by atoms with Crippen LogP contribution < -0.4 is 9.47 Å². The number of ether oxygens (including phenoxy) is 3. The molecular formula is C26H28FN3O5S2. The Morgan fingerprint density at radius 1 is 1.19 bits per heavy atom. The first-order valence-corrected chi connectivity index (χ1v) is 14.3. The number of benzene rings is 2. The molecule has 0 N–H and O–H groups in total. The number of fused-ring (bicyclic) bond motifs is 1. The number of nitrogens with zero attached hydrogens (tertiary/aromatic N) is 3. The highest BCUT2D eigenvalue weighted by molar-refractivity contribution is 7.89. The summed E-state index contributed by atoms with van der Waals surface area (Å²) in [5, 5.41) is 1.99. The lowest BCUT2D eigenvalue weighted by atomic mass is 10.1. The van der Waals surface area contributed by atoms with Gasteiger partial charge in [-0.15, -0.1) is 11.3 Å². The van der Waals surface area contributed by atoms with Crippen molar-refractivity contribution in [2.24, 2.45) is 0 Å². The Morgan fingerprint density at radius 2 is 2.00 bits per heavy atom. The van der Waals surface area contributed by atoms with E-state index in [2.05, 4.69) is 0 Å². The molecule has 5 rings (SSSR count). The summed E-state index contributed by atoms with van der Waals surface area (Å²) < 4.78 is 60.5. The van der Waals surface area contributed by atoms with E-state index in [1.54, 1.807) is 14.2 Å². The lowest BCUT2D eigenvalue weighted by Crippen LogP contribution is -2.38. The van der Waals surface area contributed by atoms with Gasteiger partial charge in [-0.05, 0) is 55.3 Å². The van der Waals surface area contributed by atoms with E-state index < -0.39 is 15.8 Å². The van der Waals surface area contributed by atoms with Gasteiger partial charge in [-0.1, -0.05) is 0 Å². The Balaban J connectivity index is 1.42. The van der Waals surface area contributed by atoms with E-state index in [0.29, 0.717) is 24.5 Å². The molecular weight excluding hydrogens is 517 g/mol. The lowest BCUT2D eigenvalue weighted by molar-refractivity contribution is 0.0939. The van der Waals surface area contributed by atoms with Crippen LogP contribution in [0.25, 0.3) is 16.2 Å². The van der Waals surface area contributed by atoms with E-state index in [4.69, 9.17) is 19.2 Å². The molecule has 1 aliphatic rings. The van der Waals surface area contributed by atoms with Crippen LogP contribution in [0.3, 0.4) is 0 Å². The van der Waals surface area contributed by atoms with Gasteiger partial charge < -0.3 is 14.2 Å². The molecule has 2 aromatic carbocycles. The summed E-state index contributed by atoms with van der Waals surface area (Å²) in [7, 11) is -0.612. The molecule has 0 spiro atoms. The minimum Gasteiger partial charge on any atom is -0.497 e. The van der Waals surface area contributed by atoms with Gasteiger partial charge in [-0.3, -0.25) is 4.40 Å². The number of rotatable bonds is 10. The van der Waals surface area contributed by atoms with Crippen molar-refractivity contribution in [1.82, 2.24) is 13.7 Å². The van der Waals surface area contributed by atoms with E-state index in [0.717, 1.165) is 34.8 Å².